The van der Waals surface area contributed by atoms with Crippen LogP contribution in [0.4, 0.5) is 18.3 Å². The zero-order valence-electron chi connectivity index (χ0n) is 10.8. The Morgan fingerprint density at radius 1 is 1.33 bits per heavy atom. The van der Waals surface area contributed by atoms with Gasteiger partial charge in [0.25, 0.3) is 0 Å². The molecule has 0 radical (unpaired) electrons. The van der Waals surface area contributed by atoms with E-state index in [0.29, 0.717) is 28.8 Å². The van der Waals surface area contributed by atoms with Crippen LogP contribution in [0.5, 0.6) is 0 Å². The van der Waals surface area contributed by atoms with E-state index in [1.54, 1.807) is 12.3 Å². The maximum atomic E-state index is 12.6. The van der Waals surface area contributed by atoms with Crippen molar-refractivity contribution < 1.29 is 13.2 Å². The minimum atomic E-state index is -4.31. The summed E-state index contributed by atoms with van der Waals surface area (Å²) in [5.41, 5.74) is -0.0298. The average Bonchev–Trinajstić information content (AvgIpc) is 2.91. The Hall–Kier alpha value is -1.67. The average molecular weight is 331 g/mol. The Kier molecular flexibility index (Phi) is 5.13. The van der Waals surface area contributed by atoms with Gasteiger partial charge >= 0.3 is 6.18 Å². The monoisotopic (exact) mass is 331 g/mol. The second-order valence-electron chi connectivity index (χ2n) is 4.17. The molecule has 8 heteroatoms. The summed E-state index contributed by atoms with van der Waals surface area (Å²) in [6.45, 7) is 0.443. The first-order valence-corrected chi connectivity index (χ1v) is 7.34. The van der Waals surface area contributed by atoms with Crippen molar-refractivity contribution in [3.05, 3.63) is 47.0 Å². The maximum absolute atomic E-state index is 12.6. The van der Waals surface area contributed by atoms with Crippen LogP contribution in [0.3, 0.4) is 0 Å². The standard InChI is InChI=1S/C13H12F3N3S2/c14-13(15,16)10-3-1-2-9(8-10)4-5-17-11(20)19-12-18-6-7-21-12/h1-3,6-8H,4-5H2,(H2,17,18,19,20). The van der Waals surface area contributed by atoms with Gasteiger partial charge in [-0.1, -0.05) is 18.2 Å². The Balaban J connectivity index is 1.82. The number of nitrogens with one attached hydrogen (secondary N) is 2. The van der Waals surface area contributed by atoms with Crippen LogP contribution in [0, 0.1) is 0 Å². The molecule has 1 aromatic heterocycles. The van der Waals surface area contributed by atoms with Gasteiger partial charge < -0.3 is 10.6 Å². The summed E-state index contributed by atoms with van der Waals surface area (Å²) in [4.78, 5) is 4.02. The number of hydrogen-bond acceptors (Lipinski definition) is 3. The molecule has 2 rings (SSSR count). The first-order chi connectivity index (χ1) is 9.95. The quantitative estimate of drug-likeness (QED) is 0.838. The molecule has 0 saturated carbocycles. The van der Waals surface area contributed by atoms with Gasteiger partial charge in [-0.25, -0.2) is 4.98 Å². The van der Waals surface area contributed by atoms with E-state index in [0.717, 1.165) is 12.1 Å². The van der Waals surface area contributed by atoms with Crippen molar-refractivity contribution in [2.45, 2.75) is 12.6 Å². The minimum Gasteiger partial charge on any atom is -0.362 e. The molecule has 2 N–H and O–H groups in total. The van der Waals surface area contributed by atoms with Crippen LogP contribution in [0.15, 0.2) is 35.8 Å². The SMILES string of the molecule is FC(F)(F)c1cccc(CCNC(=S)Nc2nccs2)c1. The third-order valence-electron chi connectivity index (χ3n) is 2.61. The third kappa shape index (κ3) is 4.98. The highest BCUT2D eigenvalue weighted by Crippen LogP contribution is 2.29. The summed E-state index contributed by atoms with van der Waals surface area (Å²) in [6, 6.07) is 5.28. The number of anilines is 1. The van der Waals surface area contributed by atoms with E-state index in [-0.39, 0.29) is 0 Å². The number of nitrogens with zero attached hydrogens (tertiary/aromatic N) is 1. The summed E-state index contributed by atoms with van der Waals surface area (Å²) >= 11 is 6.48. The molecule has 0 saturated heterocycles. The molecular formula is C13H12F3N3S2. The summed E-state index contributed by atoms with van der Waals surface area (Å²) in [6.07, 6.45) is -2.22. The van der Waals surface area contributed by atoms with Gasteiger partial charge in [0.05, 0.1) is 5.56 Å². The molecule has 0 amide bonds. The van der Waals surface area contributed by atoms with Crippen LogP contribution in [0.2, 0.25) is 0 Å². The van der Waals surface area contributed by atoms with Gasteiger partial charge in [-0.2, -0.15) is 13.2 Å². The predicted molar refractivity (Wildman–Crippen MR) is 81.5 cm³/mol. The number of hydrogen-bond donors (Lipinski definition) is 2. The summed E-state index contributed by atoms with van der Waals surface area (Å²) in [7, 11) is 0. The fraction of sp³-hybridized carbons (Fsp3) is 0.231. The van der Waals surface area contributed by atoms with Gasteiger partial charge in [0.1, 0.15) is 0 Å². The lowest BCUT2D eigenvalue weighted by atomic mass is 10.1. The highest BCUT2D eigenvalue weighted by Gasteiger charge is 2.30. The van der Waals surface area contributed by atoms with Crippen molar-refractivity contribution in [1.82, 2.24) is 10.3 Å². The van der Waals surface area contributed by atoms with Crippen LogP contribution in [0.1, 0.15) is 11.1 Å². The lowest BCUT2D eigenvalue weighted by Crippen LogP contribution is -2.30. The van der Waals surface area contributed by atoms with Crippen LogP contribution < -0.4 is 10.6 Å². The molecule has 0 aliphatic carbocycles. The van der Waals surface area contributed by atoms with E-state index in [4.69, 9.17) is 12.2 Å². The Morgan fingerprint density at radius 2 is 2.14 bits per heavy atom. The molecular weight excluding hydrogens is 319 g/mol. The number of thiocarbonyl (C=S) groups is 1. The largest absolute Gasteiger partial charge is 0.416 e. The van der Waals surface area contributed by atoms with Gasteiger partial charge in [-0.3, -0.25) is 0 Å². The second kappa shape index (κ2) is 6.86. The van der Waals surface area contributed by atoms with Gasteiger partial charge in [-0.05, 0) is 30.3 Å². The summed E-state index contributed by atoms with van der Waals surface area (Å²) < 4.78 is 37.7. The van der Waals surface area contributed by atoms with Gasteiger partial charge in [0.15, 0.2) is 10.2 Å². The number of halogens is 3. The number of aromatic nitrogens is 1. The smallest absolute Gasteiger partial charge is 0.362 e. The molecule has 3 nitrogen and oxygen atoms in total. The molecule has 0 unspecified atom stereocenters. The van der Waals surface area contributed by atoms with Gasteiger partial charge in [0, 0.05) is 18.1 Å². The molecule has 0 atom stereocenters. The lowest BCUT2D eigenvalue weighted by Gasteiger charge is -2.10. The molecule has 0 bridgehead atoms. The van der Waals surface area contributed by atoms with Crippen molar-refractivity contribution in [3.63, 3.8) is 0 Å². The molecule has 112 valence electrons. The zero-order valence-corrected chi connectivity index (χ0v) is 12.4. The molecule has 0 fully saturated rings. The van der Waals surface area contributed by atoms with Gasteiger partial charge in [-0.15, -0.1) is 11.3 Å². The Labute approximate surface area is 129 Å². The number of thiazole rings is 1. The molecule has 2 aromatic rings. The van der Waals surface area contributed by atoms with Gasteiger partial charge in [0.2, 0.25) is 0 Å². The third-order valence-corrected chi connectivity index (χ3v) is 3.54. The minimum absolute atomic E-state index is 0.400. The molecule has 0 spiro atoms. The highest BCUT2D eigenvalue weighted by molar-refractivity contribution is 7.80. The number of benzene rings is 1. The van der Waals surface area contributed by atoms with Crippen molar-refractivity contribution in [3.8, 4) is 0 Å². The number of rotatable bonds is 4. The van der Waals surface area contributed by atoms with Crippen LogP contribution >= 0.6 is 23.6 Å². The second-order valence-corrected chi connectivity index (χ2v) is 5.47. The van der Waals surface area contributed by atoms with Crippen LogP contribution in [-0.2, 0) is 12.6 Å². The fourth-order valence-corrected chi connectivity index (χ4v) is 2.45. The Bertz CT molecular complexity index is 597. The van der Waals surface area contributed by atoms with Crippen molar-refractivity contribution in [2.75, 3.05) is 11.9 Å². The van der Waals surface area contributed by atoms with Crippen molar-refractivity contribution >= 4 is 33.8 Å². The maximum Gasteiger partial charge on any atom is 0.416 e. The van der Waals surface area contributed by atoms with E-state index in [9.17, 15) is 13.2 Å². The normalized spacial score (nSPS) is 11.2. The molecule has 0 aliphatic rings. The van der Waals surface area contributed by atoms with Crippen LogP contribution in [-0.4, -0.2) is 16.6 Å². The molecule has 1 heterocycles. The molecule has 21 heavy (non-hydrogen) atoms. The molecule has 0 aliphatic heterocycles. The molecule has 1 aromatic carbocycles. The van der Waals surface area contributed by atoms with Crippen molar-refractivity contribution in [1.29, 1.82) is 0 Å². The van der Waals surface area contributed by atoms with E-state index >= 15 is 0 Å². The summed E-state index contributed by atoms with van der Waals surface area (Å²) in [5.74, 6) is 0. The van der Waals surface area contributed by atoms with E-state index in [1.807, 2.05) is 5.38 Å². The highest BCUT2D eigenvalue weighted by atomic mass is 32.1. The summed E-state index contributed by atoms with van der Waals surface area (Å²) in [5, 5.41) is 8.71. The number of alkyl halides is 3. The topological polar surface area (TPSA) is 37.0 Å². The van der Waals surface area contributed by atoms with Crippen LogP contribution in [0.25, 0.3) is 0 Å². The first-order valence-electron chi connectivity index (χ1n) is 6.05. The van der Waals surface area contributed by atoms with E-state index in [2.05, 4.69) is 15.6 Å². The van der Waals surface area contributed by atoms with Crippen molar-refractivity contribution in [2.24, 2.45) is 0 Å². The zero-order chi connectivity index (χ0) is 15.3. The van der Waals surface area contributed by atoms with E-state index in [1.165, 1.54) is 17.4 Å². The first kappa shape index (κ1) is 15.7. The Morgan fingerprint density at radius 3 is 2.81 bits per heavy atom. The predicted octanol–water partition coefficient (Wildman–Crippen LogP) is 3.69. The lowest BCUT2D eigenvalue weighted by molar-refractivity contribution is -0.137. The fourth-order valence-electron chi connectivity index (χ4n) is 1.65. The van der Waals surface area contributed by atoms with E-state index < -0.39 is 11.7 Å².